The van der Waals surface area contributed by atoms with E-state index in [0.29, 0.717) is 5.56 Å². The zero-order valence-electron chi connectivity index (χ0n) is 9.25. The fourth-order valence-corrected chi connectivity index (χ4v) is 1.05. The highest BCUT2D eigenvalue weighted by Gasteiger charge is 2.04. The van der Waals surface area contributed by atoms with Crippen molar-refractivity contribution in [3.8, 4) is 0 Å². The topological polar surface area (TPSA) is 92.8 Å². The molecule has 0 fully saturated rings. The Morgan fingerprint density at radius 1 is 1.38 bits per heavy atom. The van der Waals surface area contributed by atoms with Gasteiger partial charge >= 0.3 is 7.69 Å². The SMILES string of the molecule is COC(C)c1ccc(C(N)=O)cc1.O[B]O. The van der Waals surface area contributed by atoms with Crippen LogP contribution >= 0.6 is 0 Å². The van der Waals surface area contributed by atoms with Crippen LogP contribution in [0.15, 0.2) is 24.3 Å². The maximum atomic E-state index is 10.7. The minimum absolute atomic E-state index is 0. The number of hydrogen-bond acceptors (Lipinski definition) is 4. The van der Waals surface area contributed by atoms with Gasteiger partial charge in [0.15, 0.2) is 0 Å². The highest BCUT2D eigenvalue weighted by molar-refractivity contribution is 6.13. The molecule has 1 amide bonds. The summed E-state index contributed by atoms with van der Waals surface area (Å²) in [4.78, 5) is 10.7. The molecule has 0 saturated heterocycles. The molecule has 6 heteroatoms. The minimum Gasteiger partial charge on any atom is -0.429 e. The molecule has 0 heterocycles. The molecule has 16 heavy (non-hydrogen) atoms. The number of methoxy groups -OCH3 is 1. The van der Waals surface area contributed by atoms with Crippen molar-refractivity contribution in [1.29, 1.82) is 0 Å². The van der Waals surface area contributed by atoms with Gasteiger partial charge in [0, 0.05) is 12.7 Å². The first kappa shape index (κ1) is 14.6. The number of rotatable bonds is 3. The first-order valence-electron chi connectivity index (χ1n) is 4.59. The Bertz CT molecular complexity index is 315. The van der Waals surface area contributed by atoms with Crippen LogP contribution < -0.4 is 5.73 Å². The first-order valence-corrected chi connectivity index (χ1v) is 4.59. The van der Waals surface area contributed by atoms with Crippen LogP contribution in [0.3, 0.4) is 0 Å². The fraction of sp³-hybridized carbons (Fsp3) is 0.300. The van der Waals surface area contributed by atoms with Gasteiger partial charge in [0.05, 0.1) is 6.10 Å². The van der Waals surface area contributed by atoms with Gasteiger partial charge in [-0.3, -0.25) is 4.79 Å². The van der Waals surface area contributed by atoms with Crippen LogP contribution in [0.4, 0.5) is 0 Å². The number of amides is 1. The molecule has 1 radical (unpaired) electrons. The molecule has 1 aromatic carbocycles. The van der Waals surface area contributed by atoms with Crippen molar-refractivity contribution in [3.05, 3.63) is 35.4 Å². The van der Waals surface area contributed by atoms with Crippen LogP contribution in [0, 0.1) is 0 Å². The van der Waals surface area contributed by atoms with Crippen LogP contribution in [0.5, 0.6) is 0 Å². The lowest BCUT2D eigenvalue weighted by molar-refractivity contribution is 0.0999. The van der Waals surface area contributed by atoms with Gasteiger partial charge in [0.2, 0.25) is 5.91 Å². The Labute approximate surface area is 95.2 Å². The van der Waals surface area contributed by atoms with Gasteiger partial charge < -0.3 is 20.5 Å². The second-order valence-corrected chi connectivity index (χ2v) is 2.98. The van der Waals surface area contributed by atoms with Gasteiger partial charge in [0.1, 0.15) is 0 Å². The molecule has 0 aliphatic heterocycles. The number of carbonyl (C=O) groups is 1. The molecular weight excluding hydrogens is 209 g/mol. The van der Waals surface area contributed by atoms with E-state index in [-0.39, 0.29) is 13.8 Å². The number of primary amides is 1. The molecule has 1 rings (SSSR count). The van der Waals surface area contributed by atoms with E-state index < -0.39 is 5.91 Å². The van der Waals surface area contributed by atoms with E-state index >= 15 is 0 Å². The predicted molar refractivity (Wildman–Crippen MR) is 60.6 cm³/mol. The number of hydrogen-bond donors (Lipinski definition) is 3. The van der Waals surface area contributed by atoms with E-state index in [1.54, 1.807) is 19.2 Å². The molecule has 0 aliphatic rings. The number of ether oxygens (including phenoxy) is 1. The molecule has 0 aromatic heterocycles. The molecule has 0 bridgehead atoms. The molecule has 0 saturated carbocycles. The van der Waals surface area contributed by atoms with E-state index in [9.17, 15) is 4.79 Å². The van der Waals surface area contributed by atoms with Gasteiger partial charge in [-0.05, 0) is 24.6 Å². The molecular formula is C10H15BNO4. The Morgan fingerprint density at radius 3 is 2.12 bits per heavy atom. The third-order valence-corrected chi connectivity index (χ3v) is 2.02. The quantitative estimate of drug-likeness (QED) is 0.630. The molecule has 0 spiro atoms. The monoisotopic (exact) mass is 224 g/mol. The maximum Gasteiger partial charge on any atom is 0.482 e. The van der Waals surface area contributed by atoms with Crippen LogP contribution in [0.1, 0.15) is 28.9 Å². The van der Waals surface area contributed by atoms with Gasteiger partial charge in [-0.2, -0.15) is 0 Å². The van der Waals surface area contributed by atoms with Crippen LogP contribution in [0.25, 0.3) is 0 Å². The van der Waals surface area contributed by atoms with E-state index in [4.69, 9.17) is 20.5 Å². The summed E-state index contributed by atoms with van der Waals surface area (Å²) in [5, 5.41) is 14.0. The molecule has 1 unspecified atom stereocenters. The van der Waals surface area contributed by atoms with Crippen molar-refractivity contribution in [1.82, 2.24) is 0 Å². The molecule has 4 N–H and O–H groups in total. The van der Waals surface area contributed by atoms with Gasteiger partial charge in [-0.15, -0.1) is 0 Å². The third-order valence-electron chi connectivity index (χ3n) is 2.02. The second-order valence-electron chi connectivity index (χ2n) is 2.98. The van der Waals surface area contributed by atoms with Crippen LogP contribution in [-0.2, 0) is 4.74 Å². The summed E-state index contributed by atoms with van der Waals surface area (Å²) in [5.74, 6) is -0.406. The van der Waals surface area contributed by atoms with E-state index in [0.717, 1.165) is 5.56 Å². The highest BCUT2D eigenvalue weighted by Crippen LogP contribution is 2.15. The lowest BCUT2D eigenvalue weighted by Crippen LogP contribution is -2.10. The Hall–Kier alpha value is -1.37. The van der Waals surface area contributed by atoms with Crippen molar-refractivity contribution >= 4 is 13.6 Å². The summed E-state index contributed by atoms with van der Waals surface area (Å²) < 4.78 is 5.12. The zero-order chi connectivity index (χ0) is 12.6. The number of benzene rings is 1. The van der Waals surface area contributed by atoms with Gasteiger partial charge in [-0.1, -0.05) is 12.1 Å². The molecule has 87 valence electrons. The van der Waals surface area contributed by atoms with Crippen LogP contribution in [0.2, 0.25) is 0 Å². The Kier molecular flexibility index (Phi) is 7.19. The predicted octanol–water partition coefficient (Wildman–Crippen LogP) is -0.00190. The molecule has 1 atom stereocenters. The van der Waals surface area contributed by atoms with Crippen molar-refractivity contribution in [2.75, 3.05) is 7.11 Å². The van der Waals surface area contributed by atoms with E-state index in [1.807, 2.05) is 19.1 Å². The van der Waals surface area contributed by atoms with E-state index in [2.05, 4.69) is 0 Å². The van der Waals surface area contributed by atoms with Gasteiger partial charge in [0.25, 0.3) is 0 Å². The standard InChI is InChI=1S/C10H13NO2.BH2O2/c1-7(13-2)8-3-5-9(6-4-8)10(11)12;2-1-3/h3-7H,1-2H3,(H2,11,12);2-3H. The molecule has 0 aliphatic carbocycles. The summed E-state index contributed by atoms with van der Waals surface area (Å²) in [6.07, 6.45) is 0.0435. The summed E-state index contributed by atoms with van der Waals surface area (Å²) in [5.41, 5.74) is 6.66. The summed E-state index contributed by atoms with van der Waals surface area (Å²) in [6.45, 7) is 1.94. The third kappa shape index (κ3) is 4.93. The van der Waals surface area contributed by atoms with Gasteiger partial charge in [-0.25, -0.2) is 0 Å². The lowest BCUT2D eigenvalue weighted by Gasteiger charge is -2.09. The normalized spacial score (nSPS) is 11.0. The number of carbonyl (C=O) groups excluding carboxylic acids is 1. The van der Waals surface area contributed by atoms with Crippen LogP contribution in [-0.4, -0.2) is 30.8 Å². The molecule has 5 nitrogen and oxygen atoms in total. The first-order chi connectivity index (χ1) is 7.56. The summed E-state index contributed by atoms with van der Waals surface area (Å²) in [6, 6.07) is 7.09. The Morgan fingerprint density at radius 2 is 1.81 bits per heavy atom. The van der Waals surface area contributed by atoms with Crippen molar-refractivity contribution in [2.45, 2.75) is 13.0 Å². The van der Waals surface area contributed by atoms with E-state index in [1.165, 1.54) is 0 Å². The maximum absolute atomic E-state index is 10.7. The second kappa shape index (κ2) is 7.87. The number of nitrogens with two attached hydrogens (primary N) is 1. The average molecular weight is 224 g/mol. The zero-order valence-corrected chi connectivity index (χ0v) is 9.25. The summed E-state index contributed by atoms with van der Waals surface area (Å²) >= 11 is 0. The molecule has 1 aromatic rings. The highest BCUT2D eigenvalue weighted by atomic mass is 16.5. The average Bonchev–Trinajstić information content (AvgIpc) is 2.29. The fourth-order valence-electron chi connectivity index (χ4n) is 1.05. The smallest absolute Gasteiger partial charge is 0.429 e. The lowest BCUT2D eigenvalue weighted by atomic mass is 10.1. The van der Waals surface area contributed by atoms with Crippen molar-refractivity contribution < 1.29 is 19.6 Å². The Balaban J connectivity index is 0.000000673. The minimum atomic E-state index is -0.406. The van der Waals surface area contributed by atoms with Crippen molar-refractivity contribution in [3.63, 3.8) is 0 Å². The van der Waals surface area contributed by atoms with Crippen molar-refractivity contribution in [2.24, 2.45) is 5.73 Å². The largest absolute Gasteiger partial charge is 0.482 e. The summed E-state index contributed by atoms with van der Waals surface area (Å²) in [7, 11) is 1.65.